The minimum atomic E-state index is 0.0171. The van der Waals surface area contributed by atoms with Crippen molar-refractivity contribution in [2.75, 3.05) is 13.6 Å². The predicted octanol–water partition coefficient (Wildman–Crippen LogP) is 2.97. The Morgan fingerprint density at radius 2 is 1.94 bits per heavy atom. The van der Waals surface area contributed by atoms with Crippen molar-refractivity contribution < 1.29 is 4.79 Å². The van der Waals surface area contributed by atoms with Crippen molar-refractivity contribution >= 4 is 46.0 Å². The lowest BCUT2D eigenvalue weighted by Crippen LogP contribution is -2.24. The lowest BCUT2D eigenvalue weighted by molar-refractivity contribution is -0.121. The zero-order valence-electron chi connectivity index (χ0n) is 10.2. The van der Waals surface area contributed by atoms with E-state index in [9.17, 15) is 4.79 Å². The van der Waals surface area contributed by atoms with Gasteiger partial charge in [-0.25, -0.2) is 0 Å². The van der Waals surface area contributed by atoms with E-state index in [-0.39, 0.29) is 5.91 Å². The molecule has 1 fully saturated rings. The summed E-state index contributed by atoms with van der Waals surface area (Å²) in [4.78, 5) is 17.8. The fourth-order valence-electron chi connectivity index (χ4n) is 1.74. The van der Waals surface area contributed by atoms with E-state index in [0.717, 1.165) is 16.5 Å². The molecule has 0 unspecified atom stereocenters. The van der Waals surface area contributed by atoms with E-state index in [1.54, 1.807) is 23.7 Å². The summed E-state index contributed by atoms with van der Waals surface area (Å²) in [5.41, 5.74) is 1.23. The first-order valence-electron chi connectivity index (χ1n) is 5.34. The van der Waals surface area contributed by atoms with Crippen molar-refractivity contribution in [3.8, 4) is 0 Å². The number of thiocarbonyl (C=S) groups is 1. The quantitative estimate of drug-likeness (QED) is 0.545. The summed E-state index contributed by atoms with van der Waals surface area (Å²) in [6.07, 6.45) is 0. The monoisotopic (exact) mass is 286 g/mol. The van der Waals surface area contributed by atoms with Gasteiger partial charge >= 0.3 is 0 Å². The van der Waals surface area contributed by atoms with Crippen LogP contribution in [0.2, 0.25) is 0 Å². The largest absolute Gasteiger partial charge is 0.338 e. The van der Waals surface area contributed by atoms with Gasteiger partial charge in [-0.2, -0.15) is 0 Å². The topological polar surface area (TPSA) is 23.6 Å². The van der Waals surface area contributed by atoms with Crippen LogP contribution < -0.4 is 0 Å². The van der Waals surface area contributed by atoms with Crippen LogP contribution in [0.1, 0.15) is 20.8 Å². The molecule has 0 atom stereocenters. The number of amides is 1. The maximum Gasteiger partial charge on any atom is 0.268 e. The fourth-order valence-corrected chi connectivity index (χ4v) is 4.24. The van der Waals surface area contributed by atoms with Gasteiger partial charge in [-0.05, 0) is 20.8 Å². The van der Waals surface area contributed by atoms with Gasteiger partial charge in [-0.15, -0.1) is 0 Å². The van der Waals surface area contributed by atoms with E-state index in [1.165, 1.54) is 22.4 Å². The molecule has 17 heavy (non-hydrogen) atoms. The Hall–Kier alpha value is -0.460. The van der Waals surface area contributed by atoms with Crippen LogP contribution in [0.15, 0.2) is 20.5 Å². The highest BCUT2D eigenvalue weighted by Crippen LogP contribution is 2.46. The molecule has 0 bridgehead atoms. The number of allylic oxidation sites excluding steroid dienone is 2. The fraction of sp³-hybridized carbons (Fsp3) is 0.455. The van der Waals surface area contributed by atoms with Gasteiger partial charge in [0.15, 0.2) is 0 Å². The van der Waals surface area contributed by atoms with Crippen LogP contribution in [-0.2, 0) is 4.79 Å². The normalized spacial score (nSPS) is 25.6. The van der Waals surface area contributed by atoms with E-state index < -0.39 is 0 Å². The molecule has 0 spiro atoms. The molecule has 2 aliphatic heterocycles. The smallest absolute Gasteiger partial charge is 0.268 e. The highest BCUT2D eigenvalue weighted by Gasteiger charge is 2.36. The number of rotatable bonds is 1. The number of hydrogen-bond donors (Lipinski definition) is 0. The number of carbonyl (C=O) groups is 1. The number of thioether (sulfide) groups is 2. The molecular weight excluding hydrogens is 272 g/mol. The van der Waals surface area contributed by atoms with Gasteiger partial charge in [0.1, 0.15) is 9.23 Å². The van der Waals surface area contributed by atoms with Gasteiger partial charge in [-0.3, -0.25) is 9.69 Å². The standard InChI is InChI=1S/C11H14N2OS3/c1-5-13-6(2)7(3)16-10(13)8-9(14)12(4)11(15)17-8/h5H2,1-4H3. The SMILES string of the molecule is CCN1C(C)=C(C)SC1=C1SC(=S)N(C)C1=O. The van der Waals surface area contributed by atoms with Crippen LogP contribution in [0.25, 0.3) is 0 Å². The number of hydrogen-bond acceptors (Lipinski definition) is 5. The lowest BCUT2D eigenvalue weighted by atomic mass is 10.4. The van der Waals surface area contributed by atoms with Crippen LogP contribution in [-0.4, -0.2) is 33.6 Å². The van der Waals surface area contributed by atoms with Gasteiger partial charge in [0, 0.05) is 24.2 Å². The third-order valence-electron chi connectivity index (χ3n) is 2.88. The second kappa shape index (κ2) is 4.66. The Balaban J connectivity index is 2.42. The van der Waals surface area contributed by atoms with Gasteiger partial charge in [0.25, 0.3) is 5.91 Å². The van der Waals surface area contributed by atoms with Crippen LogP contribution >= 0.6 is 35.7 Å². The molecule has 2 rings (SSSR count). The van der Waals surface area contributed by atoms with Crippen molar-refractivity contribution in [3.63, 3.8) is 0 Å². The van der Waals surface area contributed by atoms with E-state index >= 15 is 0 Å². The summed E-state index contributed by atoms with van der Waals surface area (Å²) < 4.78 is 0.636. The van der Waals surface area contributed by atoms with E-state index in [1.807, 2.05) is 0 Å². The highest BCUT2D eigenvalue weighted by atomic mass is 32.2. The average molecular weight is 286 g/mol. The van der Waals surface area contributed by atoms with Crippen molar-refractivity contribution in [3.05, 3.63) is 20.5 Å². The molecule has 1 amide bonds. The van der Waals surface area contributed by atoms with Crippen molar-refractivity contribution in [1.82, 2.24) is 9.80 Å². The summed E-state index contributed by atoms with van der Waals surface area (Å²) in [5, 5.41) is 1.03. The molecule has 3 nitrogen and oxygen atoms in total. The van der Waals surface area contributed by atoms with Crippen LogP contribution in [0.5, 0.6) is 0 Å². The molecule has 0 radical (unpaired) electrons. The molecule has 92 valence electrons. The zero-order chi connectivity index (χ0) is 12.7. The summed E-state index contributed by atoms with van der Waals surface area (Å²) in [7, 11) is 1.73. The first kappa shape index (κ1) is 13.0. The van der Waals surface area contributed by atoms with Gasteiger partial charge in [-0.1, -0.05) is 35.7 Å². The number of likely N-dealkylation sites (N-methyl/N-ethyl adjacent to an activating group) is 1. The van der Waals surface area contributed by atoms with Crippen molar-refractivity contribution in [2.24, 2.45) is 0 Å². The third-order valence-corrected chi connectivity index (χ3v) is 5.77. The molecule has 0 aromatic rings. The van der Waals surface area contributed by atoms with Gasteiger partial charge in [0.2, 0.25) is 0 Å². The van der Waals surface area contributed by atoms with Crippen molar-refractivity contribution in [1.29, 1.82) is 0 Å². The Kier molecular flexibility index (Phi) is 3.56. The second-order valence-electron chi connectivity index (χ2n) is 3.85. The maximum absolute atomic E-state index is 12.1. The Morgan fingerprint density at radius 1 is 1.29 bits per heavy atom. The van der Waals surface area contributed by atoms with Crippen LogP contribution in [0.3, 0.4) is 0 Å². The number of nitrogens with zero attached hydrogens (tertiary/aromatic N) is 2. The Labute approximate surface area is 115 Å². The maximum atomic E-state index is 12.1. The summed E-state index contributed by atoms with van der Waals surface area (Å²) in [6, 6.07) is 0. The molecule has 0 aliphatic carbocycles. The molecule has 0 aromatic heterocycles. The second-order valence-corrected chi connectivity index (χ2v) is 6.70. The minimum absolute atomic E-state index is 0.0171. The summed E-state index contributed by atoms with van der Waals surface area (Å²) in [6.45, 7) is 7.14. The van der Waals surface area contributed by atoms with Crippen LogP contribution in [0, 0.1) is 0 Å². The highest BCUT2D eigenvalue weighted by molar-refractivity contribution is 8.27. The first-order valence-corrected chi connectivity index (χ1v) is 7.38. The van der Waals surface area contributed by atoms with E-state index in [2.05, 4.69) is 25.7 Å². The first-order chi connectivity index (χ1) is 7.97. The van der Waals surface area contributed by atoms with Gasteiger partial charge in [0.05, 0.1) is 5.03 Å². The summed E-state index contributed by atoms with van der Waals surface area (Å²) >= 11 is 8.23. The summed E-state index contributed by atoms with van der Waals surface area (Å²) in [5.74, 6) is 0.0171. The third kappa shape index (κ3) is 2.02. The van der Waals surface area contributed by atoms with Gasteiger partial charge < -0.3 is 4.90 Å². The molecular formula is C11H14N2OS3. The minimum Gasteiger partial charge on any atom is -0.338 e. The van der Waals surface area contributed by atoms with Crippen molar-refractivity contribution in [2.45, 2.75) is 20.8 Å². The predicted molar refractivity (Wildman–Crippen MR) is 78.3 cm³/mol. The molecule has 0 saturated carbocycles. The van der Waals surface area contributed by atoms with E-state index in [0.29, 0.717) is 4.32 Å². The van der Waals surface area contributed by atoms with Crippen LogP contribution in [0.4, 0.5) is 0 Å². The Morgan fingerprint density at radius 3 is 2.41 bits per heavy atom. The molecule has 0 aromatic carbocycles. The Bertz CT molecular complexity index is 467. The lowest BCUT2D eigenvalue weighted by Gasteiger charge is -2.20. The van der Waals surface area contributed by atoms with E-state index in [4.69, 9.17) is 12.2 Å². The zero-order valence-corrected chi connectivity index (χ0v) is 12.7. The molecule has 2 aliphatic rings. The molecule has 0 N–H and O–H groups in total. The average Bonchev–Trinajstić information content (AvgIpc) is 2.72. The molecule has 1 saturated heterocycles. The molecule has 2 heterocycles. The number of carbonyl (C=O) groups excluding carboxylic acids is 1. The molecule has 6 heteroatoms.